The number of hydrogen-bond acceptors (Lipinski definition) is 5. The van der Waals surface area contributed by atoms with Gasteiger partial charge in [-0.25, -0.2) is 0 Å². The monoisotopic (exact) mass is 404 g/mol. The Bertz CT molecular complexity index is 1100. The number of hydrogen-bond donors (Lipinski definition) is 0. The first-order chi connectivity index (χ1) is 14.4. The largest absolute Gasteiger partial charge is 0.368 e. The van der Waals surface area contributed by atoms with Crippen LogP contribution in [0, 0.1) is 24.0 Å². The van der Waals surface area contributed by atoms with E-state index in [0.29, 0.717) is 32.6 Å². The summed E-state index contributed by atoms with van der Waals surface area (Å²) in [5.41, 5.74) is 5.03. The van der Waals surface area contributed by atoms with Crippen molar-refractivity contribution in [2.24, 2.45) is 0 Å². The highest BCUT2D eigenvalue weighted by molar-refractivity contribution is 5.86. The van der Waals surface area contributed by atoms with Gasteiger partial charge in [-0.1, -0.05) is 18.2 Å². The Morgan fingerprint density at radius 2 is 1.70 bits per heavy atom. The van der Waals surface area contributed by atoms with Gasteiger partial charge in [0.1, 0.15) is 0 Å². The molecule has 0 atom stereocenters. The van der Waals surface area contributed by atoms with Crippen LogP contribution in [0.3, 0.4) is 0 Å². The predicted octanol–water partition coefficient (Wildman–Crippen LogP) is 3.65. The maximum absolute atomic E-state index is 13.0. The maximum atomic E-state index is 13.0. The Kier molecular flexibility index (Phi) is 5.35. The predicted molar refractivity (Wildman–Crippen MR) is 117 cm³/mol. The number of amides is 1. The number of para-hydroxylation sites is 1. The van der Waals surface area contributed by atoms with Gasteiger partial charge in [-0.05, 0) is 43.2 Å². The van der Waals surface area contributed by atoms with Gasteiger partial charge in [0, 0.05) is 55.1 Å². The first-order valence-corrected chi connectivity index (χ1v) is 10.1. The number of aryl methyl sites for hydroxylation is 2. The fourth-order valence-electron chi connectivity index (χ4n) is 4.09. The Morgan fingerprint density at radius 3 is 2.37 bits per heavy atom. The summed E-state index contributed by atoms with van der Waals surface area (Å²) in [6, 6.07) is 14.6. The fraction of sp³-hybridized carbons (Fsp3) is 0.304. The van der Waals surface area contributed by atoms with E-state index < -0.39 is 4.92 Å². The molecule has 1 aliphatic heterocycles. The lowest BCUT2D eigenvalue weighted by atomic mass is 9.99. The third-order valence-corrected chi connectivity index (χ3v) is 5.87. The molecule has 0 saturated carbocycles. The van der Waals surface area contributed by atoms with Crippen LogP contribution in [0.5, 0.6) is 0 Å². The van der Waals surface area contributed by atoms with Crippen LogP contribution in [0.1, 0.15) is 16.8 Å². The highest BCUT2D eigenvalue weighted by Crippen LogP contribution is 2.24. The number of aromatic nitrogens is 1. The van der Waals surface area contributed by atoms with Crippen LogP contribution >= 0.6 is 0 Å². The average molecular weight is 404 g/mol. The second-order valence-electron chi connectivity index (χ2n) is 7.64. The minimum absolute atomic E-state index is 0.0855. The molecule has 1 aliphatic rings. The summed E-state index contributed by atoms with van der Waals surface area (Å²) < 4.78 is 0. The number of anilines is 1. The molecule has 0 spiro atoms. The van der Waals surface area contributed by atoms with Crippen molar-refractivity contribution in [1.82, 2.24) is 9.88 Å². The Hall–Kier alpha value is -3.48. The van der Waals surface area contributed by atoms with E-state index in [1.54, 1.807) is 12.1 Å². The van der Waals surface area contributed by atoms with E-state index >= 15 is 0 Å². The molecule has 0 radical (unpaired) electrons. The molecule has 1 aromatic heterocycles. The van der Waals surface area contributed by atoms with Gasteiger partial charge in [0.2, 0.25) is 5.91 Å². The number of rotatable bonds is 4. The number of carbonyl (C=O) groups excluding carboxylic acids is 1. The van der Waals surface area contributed by atoms with Crippen LogP contribution in [0.2, 0.25) is 0 Å². The summed E-state index contributed by atoms with van der Waals surface area (Å²) in [7, 11) is 0. The van der Waals surface area contributed by atoms with Crippen LogP contribution in [-0.2, 0) is 11.2 Å². The zero-order valence-electron chi connectivity index (χ0n) is 17.2. The molecule has 2 aromatic carbocycles. The topological polar surface area (TPSA) is 79.6 Å². The first-order valence-electron chi connectivity index (χ1n) is 10.1. The lowest BCUT2D eigenvalue weighted by molar-refractivity contribution is -0.384. The molecule has 1 saturated heterocycles. The number of non-ortho nitro benzene ring substituents is 1. The highest BCUT2D eigenvalue weighted by Gasteiger charge is 2.23. The third-order valence-electron chi connectivity index (χ3n) is 5.87. The van der Waals surface area contributed by atoms with Gasteiger partial charge in [0.15, 0.2) is 0 Å². The van der Waals surface area contributed by atoms with Crippen molar-refractivity contribution >= 4 is 28.2 Å². The van der Waals surface area contributed by atoms with E-state index in [1.807, 2.05) is 36.1 Å². The van der Waals surface area contributed by atoms with Crippen molar-refractivity contribution in [3.8, 4) is 0 Å². The molecule has 4 rings (SSSR count). The number of nitro groups is 1. The van der Waals surface area contributed by atoms with E-state index in [-0.39, 0.29) is 11.6 Å². The SMILES string of the molecule is Cc1nc2ccccc2c(C)c1CC(=O)N1CCN(c2ccc([N+](=O)[O-])cc2)CC1. The Morgan fingerprint density at radius 1 is 1.03 bits per heavy atom. The van der Waals surface area contributed by atoms with Gasteiger partial charge in [-0.15, -0.1) is 0 Å². The average Bonchev–Trinajstić information content (AvgIpc) is 2.76. The van der Waals surface area contributed by atoms with E-state index in [0.717, 1.165) is 33.4 Å². The van der Waals surface area contributed by atoms with Crippen LogP contribution in [0.4, 0.5) is 11.4 Å². The van der Waals surface area contributed by atoms with Gasteiger partial charge >= 0.3 is 0 Å². The molecular weight excluding hydrogens is 380 g/mol. The number of fused-ring (bicyclic) bond motifs is 1. The Balaban J connectivity index is 1.42. The minimum Gasteiger partial charge on any atom is -0.368 e. The van der Waals surface area contributed by atoms with Crippen LogP contribution < -0.4 is 4.90 Å². The number of benzene rings is 2. The molecule has 154 valence electrons. The van der Waals surface area contributed by atoms with E-state index in [4.69, 9.17) is 0 Å². The van der Waals surface area contributed by atoms with Gasteiger partial charge in [0.05, 0.1) is 16.9 Å². The van der Waals surface area contributed by atoms with Crippen molar-refractivity contribution in [3.63, 3.8) is 0 Å². The molecule has 1 fully saturated rings. The van der Waals surface area contributed by atoms with Crippen LogP contribution in [-0.4, -0.2) is 46.9 Å². The van der Waals surface area contributed by atoms with Crippen LogP contribution in [0.25, 0.3) is 10.9 Å². The smallest absolute Gasteiger partial charge is 0.269 e. The second-order valence-corrected chi connectivity index (χ2v) is 7.64. The Labute approximate surface area is 175 Å². The van der Waals surface area contributed by atoms with E-state index in [9.17, 15) is 14.9 Å². The zero-order chi connectivity index (χ0) is 21.3. The summed E-state index contributed by atoms with van der Waals surface area (Å²) in [4.78, 5) is 32.1. The summed E-state index contributed by atoms with van der Waals surface area (Å²) in [5, 5.41) is 11.9. The molecule has 2 heterocycles. The molecule has 0 N–H and O–H groups in total. The van der Waals surface area contributed by atoms with Gasteiger partial charge in [-0.2, -0.15) is 0 Å². The molecule has 0 bridgehead atoms. The number of pyridine rings is 1. The normalized spacial score (nSPS) is 14.2. The molecule has 7 heteroatoms. The van der Waals surface area contributed by atoms with Crippen LogP contribution in [0.15, 0.2) is 48.5 Å². The van der Waals surface area contributed by atoms with E-state index in [2.05, 4.69) is 16.8 Å². The van der Waals surface area contributed by atoms with Crippen molar-refractivity contribution in [2.45, 2.75) is 20.3 Å². The number of piperazine rings is 1. The molecule has 3 aromatic rings. The van der Waals surface area contributed by atoms with Crippen molar-refractivity contribution < 1.29 is 9.72 Å². The van der Waals surface area contributed by atoms with Gasteiger partial charge in [-0.3, -0.25) is 19.9 Å². The maximum Gasteiger partial charge on any atom is 0.269 e. The zero-order valence-corrected chi connectivity index (χ0v) is 17.2. The number of nitrogens with zero attached hydrogens (tertiary/aromatic N) is 4. The standard InChI is InChI=1S/C23H24N4O3/c1-16-20-5-3-4-6-22(20)24-17(2)21(16)15-23(28)26-13-11-25(12-14-26)18-7-9-19(10-8-18)27(29)30/h3-10H,11-15H2,1-2H3. The molecule has 1 amide bonds. The molecule has 0 aliphatic carbocycles. The summed E-state index contributed by atoms with van der Waals surface area (Å²) in [6.45, 7) is 6.71. The summed E-state index contributed by atoms with van der Waals surface area (Å²) >= 11 is 0. The van der Waals surface area contributed by atoms with Crippen molar-refractivity contribution in [3.05, 3.63) is 75.5 Å². The molecule has 30 heavy (non-hydrogen) atoms. The quantitative estimate of drug-likeness (QED) is 0.490. The van der Waals surface area contributed by atoms with Crippen molar-refractivity contribution in [1.29, 1.82) is 0 Å². The number of nitro benzene ring substituents is 1. The lowest BCUT2D eigenvalue weighted by Crippen LogP contribution is -2.49. The molecular formula is C23H24N4O3. The summed E-state index contributed by atoms with van der Waals surface area (Å²) in [5.74, 6) is 0.113. The second kappa shape index (κ2) is 8.10. The highest BCUT2D eigenvalue weighted by atomic mass is 16.6. The van der Waals surface area contributed by atoms with Gasteiger partial charge < -0.3 is 9.80 Å². The fourth-order valence-corrected chi connectivity index (χ4v) is 4.09. The number of carbonyl (C=O) groups is 1. The molecule has 0 unspecified atom stereocenters. The van der Waals surface area contributed by atoms with Crippen molar-refractivity contribution in [2.75, 3.05) is 31.1 Å². The summed E-state index contributed by atoms with van der Waals surface area (Å²) in [6.07, 6.45) is 0.354. The lowest BCUT2D eigenvalue weighted by Gasteiger charge is -2.36. The third kappa shape index (κ3) is 3.83. The van der Waals surface area contributed by atoms with E-state index in [1.165, 1.54) is 12.1 Å². The first kappa shape index (κ1) is 19.8. The molecule has 7 nitrogen and oxygen atoms in total. The minimum atomic E-state index is -0.397. The van der Waals surface area contributed by atoms with Gasteiger partial charge in [0.25, 0.3) is 5.69 Å².